The lowest BCUT2D eigenvalue weighted by molar-refractivity contribution is -0.164. The van der Waals surface area contributed by atoms with Gasteiger partial charge in [-0.2, -0.15) is 0 Å². The number of anilines is 2. The molecule has 2 aromatic rings. The Hall–Kier alpha value is -2.31. The van der Waals surface area contributed by atoms with Crippen LogP contribution in [0.4, 0.5) is 11.4 Å². The number of aliphatic hydroxyl groups is 1. The molecule has 0 aliphatic carbocycles. The second kappa shape index (κ2) is 9.98. The lowest BCUT2D eigenvalue weighted by Gasteiger charge is -2.40. The third kappa shape index (κ3) is 5.75. The van der Waals surface area contributed by atoms with Gasteiger partial charge in [-0.05, 0) is 78.5 Å². The Morgan fingerprint density at radius 3 is 2.34 bits per heavy atom. The van der Waals surface area contributed by atoms with Gasteiger partial charge in [0.1, 0.15) is 16.3 Å². The van der Waals surface area contributed by atoms with E-state index in [9.17, 15) is 9.90 Å². The number of benzene rings is 2. The van der Waals surface area contributed by atoms with Gasteiger partial charge in [0.25, 0.3) is 0 Å². The van der Waals surface area contributed by atoms with E-state index < -0.39 is 11.6 Å². The molecule has 1 unspecified atom stereocenters. The van der Waals surface area contributed by atoms with E-state index >= 15 is 0 Å². The number of esters is 1. The standard InChI is InChI=1S/C28H37ClN2O3S/c1-15(2)28(9-8-18-10-17(4)24(31)20(29)12-18)14-22(32)25(26(33)34-28)35-23-11-16(3)21(30)13-19(23)27(5,6)7/h10-13,15,32H,8-9,14,30-31H2,1-7H3. The molecule has 0 spiro atoms. The maximum absolute atomic E-state index is 13.3. The molecule has 3 rings (SSSR count). The van der Waals surface area contributed by atoms with Crippen LogP contribution in [0.2, 0.25) is 5.02 Å². The minimum Gasteiger partial charge on any atom is -0.511 e. The molecule has 7 heteroatoms. The van der Waals surface area contributed by atoms with Crippen LogP contribution in [-0.2, 0) is 21.4 Å². The molecule has 0 bridgehead atoms. The smallest absolute Gasteiger partial charge is 0.349 e. The number of cyclic esters (lactones) is 1. The van der Waals surface area contributed by atoms with E-state index in [1.165, 1.54) is 11.8 Å². The summed E-state index contributed by atoms with van der Waals surface area (Å²) in [5.41, 5.74) is 16.3. The Bertz CT molecular complexity index is 1160. The molecule has 1 heterocycles. The van der Waals surface area contributed by atoms with Gasteiger partial charge in [-0.25, -0.2) is 4.79 Å². The maximum Gasteiger partial charge on any atom is 0.349 e. The van der Waals surface area contributed by atoms with Crippen molar-refractivity contribution in [3.05, 3.63) is 62.2 Å². The summed E-state index contributed by atoms with van der Waals surface area (Å²) in [6, 6.07) is 7.80. The Labute approximate surface area is 218 Å². The SMILES string of the molecule is Cc1cc(SC2=C(O)CC(CCc3cc(C)c(N)c(Cl)c3)(C(C)C)OC2=O)c(C(C)(C)C)cc1N. The highest BCUT2D eigenvalue weighted by Crippen LogP contribution is 2.45. The van der Waals surface area contributed by atoms with Crippen LogP contribution in [0.25, 0.3) is 0 Å². The molecule has 0 fully saturated rings. The summed E-state index contributed by atoms with van der Waals surface area (Å²) in [6.45, 7) is 14.2. The second-order valence-electron chi connectivity index (χ2n) is 10.9. The number of carbonyl (C=O) groups is 1. The molecule has 2 aromatic carbocycles. The van der Waals surface area contributed by atoms with Crippen LogP contribution >= 0.6 is 23.4 Å². The van der Waals surface area contributed by atoms with Crippen molar-refractivity contribution < 1.29 is 14.6 Å². The number of thioether (sulfide) groups is 1. The van der Waals surface area contributed by atoms with E-state index in [4.69, 9.17) is 27.8 Å². The van der Waals surface area contributed by atoms with Gasteiger partial charge in [-0.15, -0.1) is 0 Å². The molecule has 1 aliphatic rings. The van der Waals surface area contributed by atoms with Crippen LogP contribution in [-0.4, -0.2) is 16.7 Å². The number of nitrogens with two attached hydrogens (primary N) is 2. The first-order valence-corrected chi connectivity index (χ1v) is 13.1. The number of aryl methyl sites for hydroxylation is 3. The zero-order valence-corrected chi connectivity index (χ0v) is 23.3. The molecule has 0 radical (unpaired) electrons. The molecule has 0 saturated carbocycles. The van der Waals surface area contributed by atoms with Crippen molar-refractivity contribution in [3.63, 3.8) is 0 Å². The summed E-state index contributed by atoms with van der Waals surface area (Å²) in [4.78, 5) is 14.4. The van der Waals surface area contributed by atoms with E-state index in [0.29, 0.717) is 29.2 Å². The zero-order valence-electron chi connectivity index (χ0n) is 21.7. The van der Waals surface area contributed by atoms with E-state index in [-0.39, 0.29) is 28.4 Å². The van der Waals surface area contributed by atoms with Gasteiger partial charge in [-0.1, -0.05) is 64.0 Å². The molecule has 5 N–H and O–H groups in total. The number of rotatable bonds is 6. The van der Waals surface area contributed by atoms with E-state index in [1.807, 2.05) is 52.0 Å². The number of nitrogen functional groups attached to an aromatic ring is 2. The first-order chi connectivity index (χ1) is 16.1. The number of carbonyl (C=O) groups excluding carboxylic acids is 1. The Balaban J connectivity index is 1.91. The molecule has 35 heavy (non-hydrogen) atoms. The fourth-order valence-electron chi connectivity index (χ4n) is 4.40. The summed E-state index contributed by atoms with van der Waals surface area (Å²) >= 11 is 7.54. The third-order valence-electron chi connectivity index (χ3n) is 6.88. The minimum absolute atomic E-state index is 0.00871. The summed E-state index contributed by atoms with van der Waals surface area (Å²) < 4.78 is 6.12. The lowest BCUT2D eigenvalue weighted by Crippen LogP contribution is -2.44. The molecular weight excluding hydrogens is 480 g/mol. The molecule has 0 saturated heterocycles. The highest BCUT2D eigenvalue weighted by Gasteiger charge is 2.44. The Morgan fingerprint density at radius 2 is 1.80 bits per heavy atom. The van der Waals surface area contributed by atoms with Crippen molar-refractivity contribution >= 4 is 40.7 Å². The van der Waals surface area contributed by atoms with Gasteiger partial charge in [0, 0.05) is 17.0 Å². The van der Waals surface area contributed by atoms with Crippen molar-refractivity contribution in [3.8, 4) is 0 Å². The summed E-state index contributed by atoms with van der Waals surface area (Å²) in [6.07, 6.45) is 1.47. The zero-order chi connectivity index (χ0) is 26.3. The quantitative estimate of drug-likeness (QED) is 0.276. The monoisotopic (exact) mass is 516 g/mol. The van der Waals surface area contributed by atoms with Crippen LogP contribution < -0.4 is 11.5 Å². The first-order valence-electron chi connectivity index (χ1n) is 11.9. The van der Waals surface area contributed by atoms with Crippen LogP contribution in [0.3, 0.4) is 0 Å². The van der Waals surface area contributed by atoms with Gasteiger partial charge < -0.3 is 21.3 Å². The summed E-state index contributed by atoms with van der Waals surface area (Å²) in [5.74, 6) is -0.413. The van der Waals surface area contributed by atoms with Crippen molar-refractivity contribution in [2.45, 2.75) is 83.6 Å². The summed E-state index contributed by atoms with van der Waals surface area (Å²) in [5, 5.41) is 11.6. The third-order valence-corrected chi connectivity index (χ3v) is 8.36. The number of ether oxygens (including phenoxy) is 1. The van der Waals surface area contributed by atoms with E-state index in [1.54, 1.807) is 0 Å². The van der Waals surface area contributed by atoms with Gasteiger partial charge in [0.15, 0.2) is 0 Å². The molecule has 1 aliphatic heterocycles. The predicted octanol–water partition coefficient (Wildman–Crippen LogP) is 7.25. The van der Waals surface area contributed by atoms with E-state index in [0.717, 1.165) is 27.1 Å². The van der Waals surface area contributed by atoms with Gasteiger partial charge in [0.05, 0.1) is 10.7 Å². The van der Waals surface area contributed by atoms with Crippen LogP contribution in [0, 0.1) is 19.8 Å². The topological polar surface area (TPSA) is 98.6 Å². The molecule has 1 atom stereocenters. The van der Waals surface area contributed by atoms with Crippen LogP contribution in [0.5, 0.6) is 0 Å². The number of hydrogen-bond donors (Lipinski definition) is 3. The minimum atomic E-state index is -0.809. The van der Waals surface area contributed by atoms with Crippen molar-refractivity contribution in [1.29, 1.82) is 0 Å². The fraction of sp³-hybridized carbons (Fsp3) is 0.464. The second-order valence-corrected chi connectivity index (χ2v) is 12.4. The molecule has 0 aromatic heterocycles. The largest absolute Gasteiger partial charge is 0.511 e. The summed E-state index contributed by atoms with van der Waals surface area (Å²) in [7, 11) is 0. The lowest BCUT2D eigenvalue weighted by atomic mass is 9.80. The average molecular weight is 517 g/mol. The van der Waals surface area contributed by atoms with Crippen molar-refractivity contribution in [2.24, 2.45) is 5.92 Å². The number of halogens is 1. The van der Waals surface area contributed by atoms with Crippen molar-refractivity contribution in [2.75, 3.05) is 11.5 Å². The van der Waals surface area contributed by atoms with E-state index in [2.05, 4.69) is 20.8 Å². The molecule has 0 amide bonds. The fourth-order valence-corrected chi connectivity index (χ4v) is 5.94. The van der Waals surface area contributed by atoms with Gasteiger partial charge in [0.2, 0.25) is 0 Å². The molecule has 190 valence electrons. The Morgan fingerprint density at radius 1 is 1.14 bits per heavy atom. The van der Waals surface area contributed by atoms with Gasteiger partial charge >= 0.3 is 5.97 Å². The molecule has 5 nitrogen and oxygen atoms in total. The number of aliphatic hydroxyl groups excluding tert-OH is 1. The highest BCUT2D eigenvalue weighted by molar-refractivity contribution is 8.04. The average Bonchev–Trinajstić information content (AvgIpc) is 2.74. The van der Waals surface area contributed by atoms with Crippen LogP contribution in [0.15, 0.2) is 39.8 Å². The predicted molar refractivity (Wildman–Crippen MR) is 147 cm³/mol. The maximum atomic E-state index is 13.3. The Kier molecular flexibility index (Phi) is 7.78. The molecular formula is C28H37ClN2O3S. The van der Waals surface area contributed by atoms with Crippen LogP contribution in [0.1, 0.15) is 69.7 Å². The van der Waals surface area contributed by atoms with Crippen molar-refractivity contribution in [1.82, 2.24) is 0 Å². The number of hydrogen-bond acceptors (Lipinski definition) is 6. The normalized spacial score (nSPS) is 18.8. The first kappa shape index (κ1) is 27.3. The highest BCUT2D eigenvalue weighted by atomic mass is 35.5. The van der Waals surface area contributed by atoms with Gasteiger partial charge in [-0.3, -0.25) is 0 Å².